The molecule has 0 spiro atoms. The number of hydrogen-bond donors (Lipinski definition) is 1. The Hall–Kier alpha value is -0.610. The van der Waals surface area contributed by atoms with Crippen LogP contribution in [0.4, 0.5) is 0 Å². The van der Waals surface area contributed by atoms with Crippen LogP contribution in [0.1, 0.15) is 19.8 Å². The smallest absolute Gasteiger partial charge is 0.319 e. The molecule has 14 heavy (non-hydrogen) atoms. The van der Waals surface area contributed by atoms with Gasteiger partial charge in [-0.3, -0.25) is 9.69 Å². The lowest BCUT2D eigenvalue weighted by Crippen LogP contribution is -2.40. The molecule has 1 aliphatic rings. The molecule has 0 saturated carbocycles. The van der Waals surface area contributed by atoms with Crippen molar-refractivity contribution in [3.63, 3.8) is 0 Å². The Labute approximate surface area is 84.8 Å². The van der Waals surface area contributed by atoms with Crippen LogP contribution in [0.15, 0.2) is 0 Å². The highest BCUT2D eigenvalue weighted by Crippen LogP contribution is 2.20. The maximum atomic E-state index is 11.0. The highest BCUT2D eigenvalue weighted by molar-refractivity contribution is 5.71. The van der Waals surface area contributed by atoms with E-state index in [9.17, 15) is 9.90 Å². The summed E-state index contributed by atoms with van der Waals surface area (Å²) in [6, 6.07) is 0. The van der Waals surface area contributed by atoms with Gasteiger partial charge in [0.15, 0.2) is 0 Å². The Morgan fingerprint density at radius 1 is 1.57 bits per heavy atom. The summed E-state index contributed by atoms with van der Waals surface area (Å²) in [7, 11) is 1.41. The molecular formula is C10H19NO3. The second kappa shape index (κ2) is 5.32. The first-order valence-electron chi connectivity index (χ1n) is 5.10. The minimum absolute atomic E-state index is 0.180. The second-order valence-electron chi connectivity index (χ2n) is 3.93. The van der Waals surface area contributed by atoms with E-state index in [4.69, 9.17) is 0 Å². The summed E-state index contributed by atoms with van der Waals surface area (Å²) >= 11 is 0. The van der Waals surface area contributed by atoms with E-state index in [1.54, 1.807) is 0 Å². The largest absolute Gasteiger partial charge is 0.468 e. The number of ether oxygens (including phenoxy) is 1. The lowest BCUT2D eigenvalue weighted by molar-refractivity contribution is -0.142. The molecule has 1 saturated heterocycles. The molecule has 1 heterocycles. The first-order valence-corrected chi connectivity index (χ1v) is 5.10. The van der Waals surface area contributed by atoms with Crippen molar-refractivity contribution >= 4 is 5.97 Å². The molecule has 0 bridgehead atoms. The Kier molecular flexibility index (Phi) is 4.35. The Bertz CT molecular complexity index is 186. The zero-order chi connectivity index (χ0) is 10.6. The first kappa shape index (κ1) is 11.5. The van der Waals surface area contributed by atoms with Gasteiger partial charge in [-0.15, -0.1) is 0 Å². The number of esters is 1. The number of rotatable bonds is 3. The van der Waals surface area contributed by atoms with Gasteiger partial charge in [0, 0.05) is 0 Å². The predicted octanol–water partition coefficient (Wildman–Crippen LogP) is 0.252. The van der Waals surface area contributed by atoms with Gasteiger partial charge in [0.2, 0.25) is 0 Å². The summed E-state index contributed by atoms with van der Waals surface area (Å²) in [5.74, 6) is 0.212. The molecule has 1 atom stereocenters. The van der Waals surface area contributed by atoms with Crippen molar-refractivity contribution in [1.29, 1.82) is 0 Å². The van der Waals surface area contributed by atoms with E-state index in [1.807, 2.05) is 6.92 Å². The molecule has 1 rings (SSSR count). The quantitative estimate of drug-likeness (QED) is 0.665. The Balaban J connectivity index is 2.25. The van der Waals surface area contributed by atoms with Gasteiger partial charge in [0.1, 0.15) is 0 Å². The molecule has 0 aliphatic carbocycles. The van der Waals surface area contributed by atoms with Crippen LogP contribution in [0, 0.1) is 5.92 Å². The SMILES string of the molecule is COC(=O)CN1CCC(C(C)O)CC1. The predicted molar refractivity (Wildman–Crippen MR) is 52.9 cm³/mol. The summed E-state index contributed by atoms with van der Waals surface area (Å²) < 4.78 is 4.60. The lowest BCUT2D eigenvalue weighted by Gasteiger charge is -2.32. The molecule has 1 aliphatic heterocycles. The number of nitrogens with zero attached hydrogens (tertiary/aromatic N) is 1. The van der Waals surface area contributed by atoms with Crippen LogP contribution < -0.4 is 0 Å². The summed E-state index contributed by atoms with van der Waals surface area (Å²) in [5.41, 5.74) is 0. The number of carbonyl (C=O) groups excluding carboxylic acids is 1. The number of piperidine rings is 1. The molecule has 4 nitrogen and oxygen atoms in total. The fourth-order valence-corrected chi connectivity index (χ4v) is 1.84. The molecule has 0 aromatic rings. The highest BCUT2D eigenvalue weighted by Gasteiger charge is 2.23. The van der Waals surface area contributed by atoms with E-state index in [2.05, 4.69) is 9.64 Å². The van der Waals surface area contributed by atoms with Gasteiger partial charge in [-0.2, -0.15) is 0 Å². The Morgan fingerprint density at radius 3 is 2.57 bits per heavy atom. The van der Waals surface area contributed by atoms with Gasteiger partial charge >= 0.3 is 5.97 Å². The maximum Gasteiger partial charge on any atom is 0.319 e. The lowest BCUT2D eigenvalue weighted by atomic mass is 9.92. The van der Waals surface area contributed by atoms with Crippen molar-refractivity contribution < 1.29 is 14.6 Å². The number of hydrogen-bond acceptors (Lipinski definition) is 4. The minimum Gasteiger partial charge on any atom is -0.468 e. The third kappa shape index (κ3) is 3.27. The van der Waals surface area contributed by atoms with Crippen LogP contribution in [-0.4, -0.2) is 48.8 Å². The van der Waals surface area contributed by atoms with Crippen LogP contribution in [0.5, 0.6) is 0 Å². The Morgan fingerprint density at radius 2 is 2.14 bits per heavy atom. The number of aliphatic hydroxyl groups excluding tert-OH is 1. The van der Waals surface area contributed by atoms with E-state index in [1.165, 1.54) is 7.11 Å². The van der Waals surface area contributed by atoms with Gasteiger partial charge in [-0.1, -0.05) is 0 Å². The second-order valence-corrected chi connectivity index (χ2v) is 3.93. The topological polar surface area (TPSA) is 49.8 Å². The maximum absolute atomic E-state index is 11.0. The van der Waals surface area contributed by atoms with Gasteiger partial charge in [0.05, 0.1) is 19.8 Å². The molecule has 4 heteroatoms. The van der Waals surface area contributed by atoms with E-state index < -0.39 is 0 Å². The summed E-state index contributed by atoms with van der Waals surface area (Å²) in [4.78, 5) is 13.1. The number of likely N-dealkylation sites (tertiary alicyclic amines) is 1. The van der Waals surface area contributed by atoms with Crippen LogP contribution in [0.3, 0.4) is 0 Å². The third-order valence-electron chi connectivity index (χ3n) is 2.89. The molecule has 0 aromatic heterocycles. The van der Waals surface area contributed by atoms with Crippen LogP contribution in [0.2, 0.25) is 0 Å². The standard InChI is InChI=1S/C10H19NO3/c1-8(12)9-3-5-11(6-4-9)7-10(13)14-2/h8-9,12H,3-7H2,1-2H3. The molecule has 82 valence electrons. The fraction of sp³-hybridized carbons (Fsp3) is 0.900. The van der Waals surface area contributed by atoms with Crippen molar-refractivity contribution in [3.05, 3.63) is 0 Å². The van der Waals surface area contributed by atoms with Gasteiger partial charge in [0.25, 0.3) is 0 Å². The number of aliphatic hydroxyl groups is 1. The monoisotopic (exact) mass is 201 g/mol. The molecule has 0 aromatic carbocycles. The van der Waals surface area contributed by atoms with Gasteiger partial charge in [-0.25, -0.2) is 0 Å². The molecular weight excluding hydrogens is 182 g/mol. The van der Waals surface area contributed by atoms with Crippen molar-refractivity contribution in [3.8, 4) is 0 Å². The fourth-order valence-electron chi connectivity index (χ4n) is 1.84. The van der Waals surface area contributed by atoms with Crippen LogP contribution in [0.25, 0.3) is 0 Å². The summed E-state index contributed by atoms with van der Waals surface area (Å²) in [5, 5.41) is 9.38. The molecule has 0 amide bonds. The molecule has 1 fully saturated rings. The van der Waals surface area contributed by atoms with E-state index >= 15 is 0 Å². The molecule has 1 unspecified atom stereocenters. The number of carbonyl (C=O) groups is 1. The van der Waals surface area contributed by atoms with Gasteiger partial charge in [-0.05, 0) is 38.8 Å². The van der Waals surface area contributed by atoms with E-state index in [-0.39, 0.29) is 12.1 Å². The minimum atomic E-state index is -0.227. The normalized spacial score (nSPS) is 21.9. The highest BCUT2D eigenvalue weighted by atomic mass is 16.5. The zero-order valence-corrected chi connectivity index (χ0v) is 8.90. The molecule has 0 radical (unpaired) electrons. The van der Waals surface area contributed by atoms with E-state index in [0.717, 1.165) is 25.9 Å². The van der Waals surface area contributed by atoms with Crippen molar-refractivity contribution in [1.82, 2.24) is 4.90 Å². The molecule has 1 N–H and O–H groups in total. The van der Waals surface area contributed by atoms with Crippen molar-refractivity contribution in [2.45, 2.75) is 25.9 Å². The summed E-state index contributed by atoms with van der Waals surface area (Å²) in [6.45, 7) is 3.97. The van der Waals surface area contributed by atoms with Crippen molar-refractivity contribution in [2.24, 2.45) is 5.92 Å². The third-order valence-corrected chi connectivity index (χ3v) is 2.89. The summed E-state index contributed by atoms with van der Waals surface area (Å²) in [6.07, 6.45) is 1.71. The first-order chi connectivity index (χ1) is 6.63. The van der Waals surface area contributed by atoms with E-state index in [0.29, 0.717) is 12.5 Å². The van der Waals surface area contributed by atoms with Crippen LogP contribution in [-0.2, 0) is 9.53 Å². The number of methoxy groups -OCH3 is 1. The zero-order valence-electron chi connectivity index (χ0n) is 8.90. The van der Waals surface area contributed by atoms with Crippen molar-refractivity contribution in [2.75, 3.05) is 26.7 Å². The van der Waals surface area contributed by atoms with Crippen LogP contribution >= 0.6 is 0 Å². The average Bonchev–Trinajstić information content (AvgIpc) is 2.18. The average molecular weight is 201 g/mol. The van der Waals surface area contributed by atoms with Gasteiger partial charge < -0.3 is 9.84 Å².